The van der Waals surface area contributed by atoms with Gasteiger partial charge in [0, 0.05) is 43.7 Å². The Hall–Kier alpha value is -2.49. The van der Waals surface area contributed by atoms with Gasteiger partial charge in [0.25, 0.3) is 5.91 Å². The Kier molecular flexibility index (Phi) is 6.54. The van der Waals surface area contributed by atoms with E-state index in [9.17, 15) is 9.18 Å². The molecule has 2 fully saturated rings. The van der Waals surface area contributed by atoms with Crippen molar-refractivity contribution in [3.8, 4) is 0 Å². The molecule has 1 aromatic heterocycles. The van der Waals surface area contributed by atoms with Crippen LogP contribution in [0.3, 0.4) is 0 Å². The first-order valence-electron chi connectivity index (χ1n) is 11.0. The van der Waals surface area contributed by atoms with Crippen molar-refractivity contribution in [2.75, 3.05) is 25.1 Å². The van der Waals surface area contributed by atoms with Crippen molar-refractivity contribution >= 4 is 17.4 Å². The number of nitrogens with two attached hydrogens (primary N) is 2. The van der Waals surface area contributed by atoms with Gasteiger partial charge in [0.1, 0.15) is 11.4 Å². The van der Waals surface area contributed by atoms with Crippen molar-refractivity contribution in [3.05, 3.63) is 41.8 Å². The molecule has 0 bridgehead atoms. The summed E-state index contributed by atoms with van der Waals surface area (Å²) in [4.78, 5) is 12.0. The van der Waals surface area contributed by atoms with Gasteiger partial charge in [-0.25, -0.2) is 4.39 Å². The number of rotatable bonds is 7. The number of hydrogen-bond donors (Lipinski definition) is 4. The lowest BCUT2D eigenvalue weighted by molar-refractivity contribution is 0.0688. The van der Waals surface area contributed by atoms with E-state index in [-0.39, 0.29) is 11.4 Å². The van der Waals surface area contributed by atoms with Crippen molar-refractivity contribution in [2.45, 2.75) is 56.1 Å². The van der Waals surface area contributed by atoms with Gasteiger partial charge in [0.05, 0.1) is 5.54 Å². The molecule has 0 spiro atoms. The molecule has 1 saturated carbocycles. The second kappa shape index (κ2) is 9.33. The lowest BCUT2D eigenvalue weighted by atomic mass is 9.79. The number of carbonyl (C=O) groups is 1. The monoisotopic (exact) mass is 430 g/mol. The predicted octanol–water partition coefficient (Wildman–Crippen LogP) is 2.23. The van der Waals surface area contributed by atoms with E-state index in [1.54, 1.807) is 18.3 Å². The molecule has 6 N–H and O–H groups in total. The highest BCUT2D eigenvalue weighted by Gasteiger charge is 2.38. The molecule has 1 aliphatic heterocycles. The number of anilines is 2. The van der Waals surface area contributed by atoms with Gasteiger partial charge in [0.15, 0.2) is 5.82 Å². The quantitative estimate of drug-likeness (QED) is 0.535. The Labute approximate surface area is 181 Å². The van der Waals surface area contributed by atoms with E-state index in [0.717, 1.165) is 51.7 Å². The van der Waals surface area contributed by atoms with Gasteiger partial charge in [-0.3, -0.25) is 9.48 Å². The molecule has 4 rings (SSSR count). The zero-order valence-corrected chi connectivity index (χ0v) is 17.6. The van der Waals surface area contributed by atoms with E-state index in [0.29, 0.717) is 35.7 Å². The first-order chi connectivity index (χ1) is 15.0. The van der Waals surface area contributed by atoms with Crippen LogP contribution in [0.1, 0.15) is 48.9 Å². The maximum absolute atomic E-state index is 13.2. The largest absolute Gasteiger partial charge is 0.381 e. The third kappa shape index (κ3) is 4.89. The van der Waals surface area contributed by atoms with Gasteiger partial charge in [-0.1, -0.05) is 0 Å². The van der Waals surface area contributed by atoms with Crippen molar-refractivity contribution in [1.29, 1.82) is 0 Å². The van der Waals surface area contributed by atoms with Crippen LogP contribution in [-0.4, -0.2) is 47.5 Å². The van der Waals surface area contributed by atoms with E-state index in [2.05, 4.69) is 15.7 Å². The normalized spacial score (nSPS) is 24.8. The minimum atomic E-state index is -0.571. The Morgan fingerprint density at radius 3 is 2.42 bits per heavy atom. The third-order valence-electron chi connectivity index (χ3n) is 6.56. The average molecular weight is 431 g/mol. The number of hydrogen-bond acceptors (Lipinski definition) is 6. The van der Waals surface area contributed by atoms with E-state index in [1.165, 1.54) is 12.1 Å². The SMILES string of the molecule is NCC1(n2cc(C(N)=O)c(Nc3ccc(F)cc3)n2)CCC(NC2CCOCC2)CC1. The summed E-state index contributed by atoms with van der Waals surface area (Å²) in [5.41, 5.74) is 12.4. The Bertz CT molecular complexity index is 886. The van der Waals surface area contributed by atoms with Gasteiger partial charge < -0.3 is 26.8 Å². The standard InChI is InChI=1S/C22H31FN6O2/c23-15-1-3-16(4-2-15)27-21-19(20(25)30)13-29(28-21)22(14-24)9-5-17(6-10-22)26-18-7-11-31-12-8-18/h1-4,13,17-18,26H,5-12,14,24H2,(H2,25,30)(H,27,28). The second-order valence-corrected chi connectivity index (χ2v) is 8.59. The summed E-state index contributed by atoms with van der Waals surface area (Å²) in [6.07, 6.45) is 7.49. The molecule has 168 valence electrons. The number of carbonyl (C=O) groups excluding carboxylic acids is 1. The number of nitrogens with zero attached hydrogens (tertiary/aromatic N) is 2. The number of nitrogens with one attached hydrogen (secondary N) is 2. The minimum absolute atomic E-state index is 0.291. The van der Waals surface area contributed by atoms with Gasteiger partial charge in [-0.2, -0.15) is 5.10 Å². The molecule has 0 radical (unpaired) electrons. The van der Waals surface area contributed by atoms with Crippen LogP contribution in [0.4, 0.5) is 15.9 Å². The number of amides is 1. The van der Waals surface area contributed by atoms with Crippen molar-refractivity contribution in [2.24, 2.45) is 11.5 Å². The zero-order chi connectivity index (χ0) is 21.8. The van der Waals surface area contributed by atoms with Crippen LogP contribution in [0.25, 0.3) is 0 Å². The lowest BCUT2D eigenvalue weighted by Gasteiger charge is -2.41. The highest BCUT2D eigenvalue weighted by Crippen LogP contribution is 2.36. The van der Waals surface area contributed by atoms with Crippen molar-refractivity contribution < 1.29 is 13.9 Å². The van der Waals surface area contributed by atoms with Crippen LogP contribution in [0.5, 0.6) is 0 Å². The van der Waals surface area contributed by atoms with Crippen LogP contribution in [0.15, 0.2) is 30.5 Å². The van der Waals surface area contributed by atoms with E-state index >= 15 is 0 Å². The summed E-state index contributed by atoms with van der Waals surface area (Å²) >= 11 is 0. The van der Waals surface area contributed by atoms with Crippen LogP contribution in [-0.2, 0) is 10.3 Å². The number of aromatic nitrogens is 2. The van der Waals surface area contributed by atoms with Crippen molar-refractivity contribution in [3.63, 3.8) is 0 Å². The van der Waals surface area contributed by atoms with Crippen LogP contribution in [0, 0.1) is 5.82 Å². The van der Waals surface area contributed by atoms with Gasteiger partial charge in [-0.15, -0.1) is 0 Å². The number of primary amides is 1. The molecular weight excluding hydrogens is 399 g/mol. The van der Waals surface area contributed by atoms with Crippen molar-refractivity contribution in [1.82, 2.24) is 15.1 Å². The first kappa shape index (κ1) is 21.7. The molecule has 0 atom stereocenters. The fraction of sp³-hybridized carbons (Fsp3) is 0.545. The molecule has 2 aliphatic rings. The molecule has 2 heterocycles. The number of halogens is 1. The fourth-order valence-electron chi connectivity index (χ4n) is 4.61. The maximum atomic E-state index is 13.2. The Morgan fingerprint density at radius 1 is 1.16 bits per heavy atom. The molecule has 1 saturated heterocycles. The third-order valence-corrected chi connectivity index (χ3v) is 6.56. The summed E-state index contributed by atoms with van der Waals surface area (Å²) in [7, 11) is 0. The van der Waals surface area contributed by atoms with E-state index in [1.807, 2.05) is 4.68 Å². The molecule has 1 aromatic carbocycles. The molecule has 1 aliphatic carbocycles. The minimum Gasteiger partial charge on any atom is -0.381 e. The Balaban J connectivity index is 1.49. The number of ether oxygens (including phenoxy) is 1. The summed E-state index contributed by atoms with van der Waals surface area (Å²) < 4.78 is 20.5. The summed E-state index contributed by atoms with van der Waals surface area (Å²) in [5.74, 6) is -0.549. The Morgan fingerprint density at radius 2 is 1.81 bits per heavy atom. The molecule has 2 aromatic rings. The highest BCUT2D eigenvalue weighted by atomic mass is 19.1. The summed E-state index contributed by atoms with van der Waals surface area (Å²) in [6, 6.07) is 6.83. The van der Waals surface area contributed by atoms with Crippen LogP contribution in [0.2, 0.25) is 0 Å². The zero-order valence-electron chi connectivity index (χ0n) is 17.6. The molecular formula is C22H31FN6O2. The van der Waals surface area contributed by atoms with E-state index in [4.69, 9.17) is 16.2 Å². The van der Waals surface area contributed by atoms with Crippen LogP contribution >= 0.6 is 0 Å². The maximum Gasteiger partial charge on any atom is 0.254 e. The lowest BCUT2D eigenvalue weighted by Crippen LogP contribution is -2.50. The average Bonchev–Trinajstić information content (AvgIpc) is 3.21. The number of benzene rings is 1. The molecule has 1 amide bonds. The van der Waals surface area contributed by atoms with Crippen LogP contribution < -0.4 is 22.1 Å². The topological polar surface area (TPSA) is 120 Å². The summed E-state index contributed by atoms with van der Waals surface area (Å²) in [5, 5.41) is 11.5. The predicted molar refractivity (Wildman–Crippen MR) is 117 cm³/mol. The summed E-state index contributed by atoms with van der Waals surface area (Å²) in [6.45, 7) is 2.07. The van der Waals surface area contributed by atoms with Gasteiger partial charge in [-0.05, 0) is 62.8 Å². The van der Waals surface area contributed by atoms with E-state index < -0.39 is 5.91 Å². The smallest absolute Gasteiger partial charge is 0.254 e. The molecule has 8 nitrogen and oxygen atoms in total. The van der Waals surface area contributed by atoms with Gasteiger partial charge in [0.2, 0.25) is 0 Å². The van der Waals surface area contributed by atoms with Gasteiger partial charge >= 0.3 is 0 Å². The second-order valence-electron chi connectivity index (χ2n) is 8.59. The molecule has 9 heteroatoms. The highest BCUT2D eigenvalue weighted by molar-refractivity contribution is 5.98. The fourth-order valence-corrected chi connectivity index (χ4v) is 4.61. The molecule has 31 heavy (non-hydrogen) atoms. The first-order valence-corrected chi connectivity index (χ1v) is 11.0. The molecule has 0 unspecified atom stereocenters.